The molecule has 0 saturated heterocycles. The third kappa shape index (κ3) is 2.06. The van der Waals surface area contributed by atoms with Gasteiger partial charge in [-0.05, 0) is 49.9 Å². The molecule has 4 atom stereocenters. The van der Waals surface area contributed by atoms with Gasteiger partial charge in [-0.1, -0.05) is 18.6 Å². The monoisotopic (exact) mass is 305 g/mol. The largest absolute Gasteiger partial charge is 0.390 e. The molecule has 120 valence electrons. The van der Waals surface area contributed by atoms with Gasteiger partial charge in [-0.15, -0.1) is 10.2 Å². The van der Waals surface area contributed by atoms with E-state index in [0.717, 1.165) is 32.1 Å². The average Bonchev–Trinajstić information content (AvgIpc) is 2.95. The number of aliphatic hydroxyl groups is 1. The zero-order valence-electron chi connectivity index (χ0n) is 12.9. The van der Waals surface area contributed by atoms with Gasteiger partial charge in [0.1, 0.15) is 0 Å². The normalized spacial score (nSPS) is 42.5. The summed E-state index contributed by atoms with van der Waals surface area (Å²) in [6, 6.07) is 0. The van der Waals surface area contributed by atoms with Gasteiger partial charge in [-0.2, -0.15) is 5.21 Å². The molecule has 1 aromatic rings. The van der Waals surface area contributed by atoms with Crippen LogP contribution in [0.2, 0.25) is 0 Å². The molecule has 0 aliphatic heterocycles. The maximum Gasteiger partial charge on any atom is 0.226 e. The highest BCUT2D eigenvalue weighted by Gasteiger charge is 2.64. The fourth-order valence-electron chi connectivity index (χ4n) is 5.84. The Morgan fingerprint density at radius 3 is 2.91 bits per heavy atom. The zero-order valence-corrected chi connectivity index (χ0v) is 12.9. The molecular formula is C15H23N5O2. The predicted molar refractivity (Wildman–Crippen MR) is 77.3 cm³/mol. The lowest BCUT2D eigenvalue weighted by Gasteiger charge is -2.64. The molecule has 22 heavy (non-hydrogen) atoms. The van der Waals surface area contributed by atoms with E-state index in [4.69, 9.17) is 0 Å². The molecule has 1 aromatic heterocycles. The molecule has 1 amide bonds. The number of hydrogen-bond acceptors (Lipinski definition) is 5. The number of amides is 1. The molecule has 4 bridgehead atoms. The molecule has 0 spiro atoms. The highest BCUT2D eigenvalue weighted by Crippen LogP contribution is 2.67. The lowest BCUT2D eigenvalue weighted by Crippen LogP contribution is -2.63. The van der Waals surface area contributed by atoms with Crippen molar-refractivity contribution in [2.75, 3.05) is 0 Å². The Kier molecular flexibility index (Phi) is 2.89. The van der Waals surface area contributed by atoms with E-state index in [1.54, 1.807) is 0 Å². The third-order valence-electron chi connectivity index (χ3n) is 6.18. The zero-order chi connectivity index (χ0) is 15.4. The van der Waals surface area contributed by atoms with E-state index in [9.17, 15) is 9.90 Å². The van der Waals surface area contributed by atoms with Crippen molar-refractivity contribution in [1.82, 2.24) is 25.9 Å². The summed E-state index contributed by atoms with van der Waals surface area (Å²) in [7, 11) is 0. The smallest absolute Gasteiger partial charge is 0.226 e. The molecule has 4 aliphatic carbocycles. The maximum atomic E-state index is 12.9. The second-order valence-corrected chi connectivity index (χ2v) is 7.88. The van der Waals surface area contributed by atoms with Crippen LogP contribution in [0, 0.1) is 16.7 Å². The minimum absolute atomic E-state index is 0.0534. The Hall–Kier alpha value is -1.50. The van der Waals surface area contributed by atoms with Crippen molar-refractivity contribution >= 4 is 5.91 Å². The highest BCUT2D eigenvalue weighted by molar-refractivity contribution is 5.83. The number of nitrogens with zero attached hydrogens (tertiary/aromatic N) is 3. The summed E-state index contributed by atoms with van der Waals surface area (Å²) in [6.45, 7) is 2.49. The lowest BCUT2D eigenvalue weighted by molar-refractivity contribution is -0.204. The van der Waals surface area contributed by atoms with Crippen molar-refractivity contribution in [1.29, 1.82) is 0 Å². The number of tetrazole rings is 1. The quantitative estimate of drug-likeness (QED) is 0.767. The number of rotatable bonds is 4. The number of H-pyrrole nitrogens is 1. The first kappa shape index (κ1) is 14.1. The van der Waals surface area contributed by atoms with E-state index in [0.29, 0.717) is 24.7 Å². The minimum Gasteiger partial charge on any atom is -0.390 e. The van der Waals surface area contributed by atoms with Crippen LogP contribution in [0.4, 0.5) is 0 Å². The van der Waals surface area contributed by atoms with Gasteiger partial charge < -0.3 is 10.4 Å². The van der Waals surface area contributed by atoms with Crippen molar-refractivity contribution < 1.29 is 9.90 Å². The molecule has 0 unspecified atom stereocenters. The molecule has 4 saturated carbocycles. The summed E-state index contributed by atoms with van der Waals surface area (Å²) in [5.41, 5.74) is -0.898. The van der Waals surface area contributed by atoms with E-state index >= 15 is 0 Å². The molecule has 4 aliphatic rings. The number of aromatic amines is 1. The van der Waals surface area contributed by atoms with Crippen LogP contribution in [-0.4, -0.2) is 37.2 Å². The fraction of sp³-hybridized carbons (Fsp3) is 0.867. The van der Waals surface area contributed by atoms with Crippen LogP contribution < -0.4 is 5.32 Å². The van der Waals surface area contributed by atoms with Crippen LogP contribution in [0.1, 0.15) is 57.7 Å². The molecule has 7 nitrogen and oxygen atoms in total. The summed E-state index contributed by atoms with van der Waals surface area (Å²) in [4.78, 5) is 12.9. The van der Waals surface area contributed by atoms with E-state index in [1.165, 1.54) is 6.42 Å². The van der Waals surface area contributed by atoms with Crippen LogP contribution in [0.25, 0.3) is 0 Å². The van der Waals surface area contributed by atoms with Crippen molar-refractivity contribution in [2.45, 2.75) is 64.0 Å². The van der Waals surface area contributed by atoms with Gasteiger partial charge >= 0.3 is 0 Å². The molecular weight excluding hydrogens is 282 g/mol. The lowest BCUT2D eigenvalue weighted by atomic mass is 9.42. The van der Waals surface area contributed by atoms with Gasteiger partial charge in [0, 0.05) is 0 Å². The van der Waals surface area contributed by atoms with E-state index in [1.807, 2.05) is 0 Å². The average molecular weight is 305 g/mol. The van der Waals surface area contributed by atoms with Gasteiger partial charge in [-0.25, -0.2) is 0 Å². The number of aromatic nitrogens is 4. The van der Waals surface area contributed by atoms with Crippen molar-refractivity contribution in [3.8, 4) is 0 Å². The van der Waals surface area contributed by atoms with Gasteiger partial charge in [-0.3, -0.25) is 4.79 Å². The summed E-state index contributed by atoms with van der Waals surface area (Å²) < 4.78 is 0. The number of carbonyl (C=O) groups is 1. The predicted octanol–water partition coefficient (Wildman–Crippen LogP) is 0.927. The third-order valence-corrected chi connectivity index (χ3v) is 6.18. The van der Waals surface area contributed by atoms with E-state index in [2.05, 4.69) is 32.9 Å². The second-order valence-electron chi connectivity index (χ2n) is 7.88. The number of nitrogens with one attached hydrogen (secondary N) is 2. The first-order valence-corrected chi connectivity index (χ1v) is 8.20. The fourth-order valence-corrected chi connectivity index (χ4v) is 5.84. The van der Waals surface area contributed by atoms with Crippen LogP contribution in [-0.2, 0) is 11.3 Å². The van der Waals surface area contributed by atoms with Crippen molar-refractivity contribution in [3.63, 3.8) is 0 Å². The summed E-state index contributed by atoms with van der Waals surface area (Å²) >= 11 is 0. The maximum absolute atomic E-state index is 12.9. The molecule has 5 rings (SSSR count). The summed E-state index contributed by atoms with van der Waals surface area (Å²) in [6.07, 6.45) is 6.39. The van der Waals surface area contributed by atoms with Crippen LogP contribution in [0.15, 0.2) is 0 Å². The molecule has 0 aromatic carbocycles. The first-order valence-electron chi connectivity index (χ1n) is 8.20. The Labute approximate surface area is 129 Å². The van der Waals surface area contributed by atoms with Gasteiger partial charge in [0.2, 0.25) is 5.91 Å². The minimum atomic E-state index is -0.640. The molecule has 4 fully saturated rings. The SMILES string of the molecule is CC[C@@]12C[C@H]3C[C@@](O)(C1)C[C@@](C(=O)NCc1nn[nH]n1)(C3)C2. The summed E-state index contributed by atoms with van der Waals surface area (Å²) in [5.74, 6) is 1.02. The number of carbonyl (C=O) groups excluding carboxylic acids is 1. The molecule has 1 heterocycles. The van der Waals surface area contributed by atoms with Crippen molar-refractivity contribution in [3.05, 3.63) is 5.82 Å². The molecule has 0 radical (unpaired) electrons. The standard InChI is InChI=1S/C15H23N5O2/c1-2-13-3-10-4-14(7-13,9-15(22,5-10)8-13)12(21)16-6-11-17-19-20-18-11/h10,22H,2-9H2,1H3,(H,16,21)(H,17,18,19,20)/t10-,13+,14-,15-/m1/s1. The van der Waals surface area contributed by atoms with Crippen LogP contribution in [0.5, 0.6) is 0 Å². The van der Waals surface area contributed by atoms with Crippen LogP contribution >= 0.6 is 0 Å². The topological polar surface area (TPSA) is 104 Å². The van der Waals surface area contributed by atoms with Crippen LogP contribution in [0.3, 0.4) is 0 Å². The van der Waals surface area contributed by atoms with E-state index < -0.39 is 11.0 Å². The van der Waals surface area contributed by atoms with Crippen molar-refractivity contribution in [2.24, 2.45) is 16.7 Å². The van der Waals surface area contributed by atoms with Gasteiger partial charge in [0.05, 0.1) is 17.6 Å². The first-order chi connectivity index (χ1) is 10.5. The Morgan fingerprint density at radius 2 is 2.23 bits per heavy atom. The summed E-state index contributed by atoms with van der Waals surface area (Å²) in [5, 5.41) is 27.5. The van der Waals surface area contributed by atoms with Gasteiger partial charge in [0.25, 0.3) is 0 Å². The van der Waals surface area contributed by atoms with Gasteiger partial charge in [0.15, 0.2) is 5.82 Å². The number of hydrogen-bond donors (Lipinski definition) is 3. The molecule has 7 heteroatoms. The van der Waals surface area contributed by atoms with E-state index in [-0.39, 0.29) is 11.3 Å². The second kappa shape index (κ2) is 4.50. The Balaban J connectivity index is 1.56. The Bertz CT molecular complexity index is 591. The molecule has 3 N–H and O–H groups in total. The highest BCUT2D eigenvalue weighted by atomic mass is 16.3. The Morgan fingerprint density at radius 1 is 1.36 bits per heavy atom.